The molecule has 10 heteroatoms. The van der Waals surface area contributed by atoms with Gasteiger partial charge >= 0.3 is 0 Å². The van der Waals surface area contributed by atoms with Crippen LogP contribution in [-0.4, -0.2) is 62.4 Å². The van der Waals surface area contributed by atoms with E-state index in [1.807, 2.05) is 0 Å². The van der Waals surface area contributed by atoms with E-state index in [-0.39, 0.29) is 44.8 Å². The largest absolute Gasteiger partial charge is 0.506 e. The van der Waals surface area contributed by atoms with Gasteiger partial charge in [-0.2, -0.15) is 0 Å². The number of benzene rings is 4. The van der Waals surface area contributed by atoms with Gasteiger partial charge in [-0.05, 0) is 47.5 Å². The summed E-state index contributed by atoms with van der Waals surface area (Å²) >= 11 is 0. The number of methoxy groups -OCH3 is 2. The Labute approximate surface area is 242 Å². The van der Waals surface area contributed by atoms with Crippen LogP contribution < -0.4 is 20.9 Å². The van der Waals surface area contributed by atoms with Crippen LogP contribution in [0.1, 0.15) is 31.8 Å². The number of ether oxygens (including phenoxy) is 4. The maximum absolute atomic E-state index is 13.8. The van der Waals surface area contributed by atoms with Gasteiger partial charge in [-0.1, -0.05) is 24.3 Å². The molecule has 0 aliphatic heterocycles. The third-order valence-electron chi connectivity index (χ3n) is 7.01. The highest BCUT2D eigenvalue weighted by atomic mass is 16.5. The maximum atomic E-state index is 13.8. The lowest BCUT2D eigenvalue weighted by atomic mass is 9.78. The fourth-order valence-corrected chi connectivity index (χ4v) is 4.96. The number of hydrogen-bond acceptors (Lipinski definition) is 10. The monoisotopic (exact) mass is 570 g/mol. The third kappa shape index (κ3) is 5.09. The number of carbonyl (C=O) groups excluding carboxylic acids is 2. The van der Waals surface area contributed by atoms with Crippen molar-refractivity contribution >= 4 is 22.9 Å². The molecular weight excluding hydrogens is 540 g/mol. The lowest BCUT2D eigenvalue weighted by Gasteiger charge is -2.24. The summed E-state index contributed by atoms with van der Waals surface area (Å²) in [6.07, 6.45) is 0. The quantitative estimate of drug-likeness (QED) is 0.107. The SMILES string of the molecule is COCCOc1ccc(-c2cc(N)c3c(c2O)C(=O)c2c(N)cc(-c4ccc(OCCOC)cc4)c(O)c2C3=O)cc1. The van der Waals surface area contributed by atoms with Gasteiger partial charge in [0.2, 0.25) is 11.6 Å². The van der Waals surface area contributed by atoms with E-state index in [1.54, 1.807) is 62.8 Å². The first kappa shape index (κ1) is 28.5. The second kappa shape index (κ2) is 11.8. The van der Waals surface area contributed by atoms with E-state index in [0.29, 0.717) is 49.1 Å². The predicted molar refractivity (Wildman–Crippen MR) is 158 cm³/mol. The Morgan fingerprint density at radius 2 is 0.929 bits per heavy atom. The molecular formula is C32H30N2O8. The normalized spacial score (nSPS) is 12.1. The topological polar surface area (TPSA) is 164 Å². The number of nitrogens with two attached hydrogens (primary N) is 2. The van der Waals surface area contributed by atoms with Crippen LogP contribution in [0.4, 0.5) is 11.4 Å². The van der Waals surface area contributed by atoms with E-state index in [2.05, 4.69) is 0 Å². The highest BCUT2D eigenvalue weighted by Gasteiger charge is 2.39. The molecule has 1 aliphatic rings. The Hall–Kier alpha value is -5.06. The van der Waals surface area contributed by atoms with Crippen molar-refractivity contribution in [2.24, 2.45) is 0 Å². The van der Waals surface area contributed by atoms with Crippen molar-refractivity contribution in [2.75, 3.05) is 52.1 Å². The molecule has 4 aromatic rings. The molecule has 42 heavy (non-hydrogen) atoms. The molecule has 1 aliphatic carbocycles. The number of anilines is 2. The number of aromatic hydroxyl groups is 2. The number of fused-ring (bicyclic) bond motifs is 2. The summed E-state index contributed by atoms with van der Waals surface area (Å²) in [7, 11) is 3.16. The summed E-state index contributed by atoms with van der Waals surface area (Å²) in [6.45, 7) is 1.59. The van der Waals surface area contributed by atoms with Crippen molar-refractivity contribution in [1.82, 2.24) is 0 Å². The van der Waals surface area contributed by atoms with Gasteiger partial charge in [-0.25, -0.2) is 0 Å². The minimum absolute atomic E-state index is 0.0249. The standard InChI is InChI=1S/C32H30N2O8/c1-39-11-13-41-19-7-3-17(4-8-19)21-15-23(33)25-27(29(21)35)31(37)26-24(34)16-22(30(36)28(26)32(25)38)18-5-9-20(10-6-18)42-14-12-40-2/h3-10,15-16,35-36H,11-14,33-34H2,1-2H3. The van der Waals surface area contributed by atoms with Crippen LogP contribution in [0, 0.1) is 0 Å². The maximum Gasteiger partial charge on any atom is 0.200 e. The van der Waals surface area contributed by atoms with Crippen LogP contribution in [0.2, 0.25) is 0 Å². The lowest BCUT2D eigenvalue weighted by Crippen LogP contribution is -2.24. The van der Waals surface area contributed by atoms with Crippen LogP contribution in [0.5, 0.6) is 23.0 Å². The zero-order valence-electron chi connectivity index (χ0n) is 23.1. The van der Waals surface area contributed by atoms with E-state index in [0.717, 1.165) is 0 Å². The number of ketones is 2. The van der Waals surface area contributed by atoms with E-state index in [4.69, 9.17) is 30.4 Å². The molecule has 0 radical (unpaired) electrons. The number of hydrogen-bond donors (Lipinski definition) is 4. The number of carbonyl (C=O) groups is 2. The molecule has 0 saturated heterocycles. The number of nitrogen functional groups attached to an aromatic ring is 2. The smallest absolute Gasteiger partial charge is 0.200 e. The highest BCUT2D eigenvalue weighted by molar-refractivity contribution is 6.34. The van der Waals surface area contributed by atoms with Crippen LogP contribution in [-0.2, 0) is 9.47 Å². The molecule has 0 heterocycles. The number of phenols is 2. The summed E-state index contributed by atoms with van der Waals surface area (Å²) < 4.78 is 21.1. The Morgan fingerprint density at radius 1 is 0.571 bits per heavy atom. The van der Waals surface area contributed by atoms with Crippen molar-refractivity contribution < 1.29 is 38.7 Å². The summed E-state index contributed by atoms with van der Waals surface area (Å²) in [5, 5.41) is 22.5. The van der Waals surface area contributed by atoms with E-state index < -0.39 is 23.1 Å². The Balaban J connectivity index is 1.53. The summed E-state index contributed by atoms with van der Waals surface area (Å²) in [5.74, 6) is -1.08. The van der Waals surface area contributed by atoms with Crippen molar-refractivity contribution in [3.05, 3.63) is 82.9 Å². The van der Waals surface area contributed by atoms with Crippen molar-refractivity contribution in [1.29, 1.82) is 0 Å². The molecule has 0 bridgehead atoms. The molecule has 0 aromatic heterocycles. The van der Waals surface area contributed by atoms with Crippen LogP contribution in [0.15, 0.2) is 60.7 Å². The van der Waals surface area contributed by atoms with E-state index in [9.17, 15) is 19.8 Å². The molecule has 0 saturated carbocycles. The Bertz CT molecular complexity index is 1540. The number of rotatable bonds is 10. The second-order valence-electron chi connectivity index (χ2n) is 9.61. The first-order valence-electron chi connectivity index (χ1n) is 13.1. The first-order chi connectivity index (χ1) is 20.3. The average Bonchev–Trinajstić information content (AvgIpc) is 2.99. The minimum Gasteiger partial charge on any atom is -0.506 e. The predicted octanol–water partition coefficient (Wildman–Crippen LogP) is 4.42. The van der Waals surface area contributed by atoms with Crippen LogP contribution in [0.25, 0.3) is 22.3 Å². The molecule has 5 rings (SSSR count). The lowest BCUT2D eigenvalue weighted by molar-refractivity contribution is 0.0975. The third-order valence-corrected chi connectivity index (χ3v) is 7.01. The molecule has 0 fully saturated rings. The summed E-state index contributed by atoms with van der Waals surface area (Å²) in [5.41, 5.74) is 13.3. The first-order valence-corrected chi connectivity index (χ1v) is 13.1. The molecule has 4 aromatic carbocycles. The van der Waals surface area contributed by atoms with Gasteiger partial charge in [-0.3, -0.25) is 9.59 Å². The van der Waals surface area contributed by atoms with Gasteiger partial charge in [0, 0.05) is 36.7 Å². The van der Waals surface area contributed by atoms with Crippen molar-refractivity contribution in [3.63, 3.8) is 0 Å². The van der Waals surface area contributed by atoms with Crippen LogP contribution in [0.3, 0.4) is 0 Å². The van der Waals surface area contributed by atoms with Crippen molar-refractivity contribution in [2.45, 2.75) is 0 Å². The highest BCUT2D eigenvalue weighted by Crippen LogP contribution is 2.47. The van der Waals surface area contributed by atoms with Gasteiger partial charge in [0.05, 0.1) is 35.5 Å². The summed E-state index contributed by atoms with van der Waals surface area (Å²) in [6, 6.07) is 16.5. The molecule has 0 unspecified atom stereocenters. The molecule has 0 atom stereocenters. The van der Waals surface area contributed by atoms with Gasteiger partial charge in [0.1, 0.15) is 36.2 Å². The zero-order chi connectivity index (χ0) is 30.0. The molecule has 0 spiro atoms. The fraction of sp³-hybridized carbons (Fsp3) is 0.188. The molecule has 0 amide bonds. The van der Waals surface area contributed by atoms with Crippen molar-refractivity contribution in [3.8, 4) is 45.3 Å². The number of phenolic OH excluding ortho intramolecular Hbond substituents is 2. The van der Waals surface area contributed by atoms with E-state index >= 15 is 0 Å². The molecule has 216 valence electrons. The van der Waals surface area contributed by atoms with E-state index in [1.165, 1.54) is 12.1 Å². The zero-order valence-corrected chi connectivity index (χ0v) is 23.1. The summed E-state index contributed by atoms with van der Waals surface area (Å²) in [4.78, 5) is 27.6. The fourth-order valence-electron chi connectivity index (χ4n) is 4.96. The second-order valence-corrected chi connectivity index (χ2v) is 9.61. The van der Waals surface area contributed by atoms with Gasteiger partial charge in [0.25, 0.3) is 0 Å². The average molecular weight is 571 g/mol. The molecule has 10 nitrogen and oxygen atoms in total. The van der Waals surface area contributed by atoms with Gasteiger partial charge in [0.15, 0.2) is 0 Å². The Kier molecular flexibility index (Phi) is 8.01. The van der Waals surface area contributed by atoms with Gasteiger partial charge < -0.3 is 40.6 Å². The van der Waals surface area contributed by atoms with Gasteiger partial charge in [-0.15, -0.1) is 0 Å². The molecule has 6 N–H and O–H groups in total. The van der Waals surface area contributed by atoms with Crippen LogP contribution >= 0.6 is 0 Å². The minimum atomic E-state index is -0.716. The Morgan fingerprint density at radius 3 is 1.26 bits per heavy atom.